The molecule has 0 fully saturated rings. The fraction of sp³-hybridized carbons (Fsp3) is 0.417. The van der Waals surface area contributed by atoms with Gasteiger partial charge in [0.05, 0.1) is 38.5 Å². The van der Waals surface area contributed by atoms with E-state index in [1.165, 1.54) is 18.2 Å². The first-order valence-corrected chi connectivity index (χ1v) is 13.8. The van der Waals surface area contributed by atoms with Crippen LogP contribution >= 0.6 is 0 Å². The summed E-state index contributed by atoms with van der Waals surface area (Å²) in [7, 11) is -7.13. The van der Waals surface area contributed by atoms with E-state index in [-0.39, 0.29) is 44.3 Å². The van der Waals surface area contributed by atoms with Gasteiger partial charge in [-0.05, 0) is 60.9 Å². The zero-order chi connectivity index (χ0) is 23.9. The van der Waals surface area contributed by atoms with Gasteiger partial charge in [0.2, 0.25) is 0 Å². The smallest absolute Gasteiger partial charge is 0.179 e. The highest BCUT2D eigenvalue weighted by molar-refractivity contribution is 7.91. The van der Waals surface area contributed by atoms with Crippen LogP contribution in [0.15, 0.2) is 52.3 Å². The summed E-state index contributed by atoms with van der Waals surface area (Å²) >= 11 is 0. The maximum Gasteiger partial charge on any atom is 0.179 e. The third kappa shape index (κ3) is 6.66. The van der Waals surface area contributed by atoms with Crippen LogP contribution in [0.5, 0.6) is 0 Å². The first kappa shape index (κ1) is 25.6. The first-order chi connectivity index (χ1) is 15.0. The van der Waals surface area contributed by atoms with Gasteiger partial charge in [-0.1, -0.05) is 39.0 Å². The number of sulfone groups is 2. The normalized spacial score (nSPS) is 12.8. The van der Waals surface area contributed by atoms with E-state index in [9.17, 15) is 22.1 Å². The summed E-state index contributed by atoms with van der Waals surface area (Å²) < 4.78 is 50.8. The minimum absolute atomic E-state index is 0.0155. The van der Waals surface area contributed by atoms with Gasteiger partial charge < -0.3 is 0 Å². The zero-order valence-corrected chi connectivity index (χ0v) is 20.2. The van der Waals surface area contributed by atoms with Gasteiger partial charge in [-0.25, -0.2) is 16.8 Å². The first-order valence-electron chi connectivity index (χ1n) is 10.5. The van der Waals surface area contributed by atoms with E-state index >= 15 is 0 Å². The SMILES string of the molecule is CC(C)CCS(=O)(=O)c1cccc(CC(C)CCS(=O)(=O)c2cccc(C#N)c2)c1C#N. The Morgan fingerprint density at radius 2 is 1.50 bits per heavy atom. The lowest BCUT2D eigenvalue weighted by Crippen LogP contribution is -2.14. The molecule has 0 aliphatic carbocycles. The summed E-state index contributed by atoms with van der Waals surface area (Å²) in [6.45, 7) is 5.77. The second-order valence-corrected chi connectivity index (χ2v) is 12.6. The van der Waals surface area contributed by atoms with Crippen molar-refractivity contribution in [3.8, 4) is 12.1 Å². The fourth-order valence-corrected chi connectivity index (χ4v) is 6.66. The van der Waals surface area contributed by atoms with Crippen LogP contribution in [0.25, 0.3) is 0 Å². The van der Waals surface area contributed by atoms with Crippen molar-refractivity contribution in [2.75, 3.05) is 11.5 Å². The molecule has 0 saturated carbocycles. The number of nitrogens with zero attached hydrogens (tertiary/aromatic N) is 2. The van der Waals surface area contributed by atoms with Crippen LogP contribution in [-0.2, 0) is 26.1 Å². The van der Waals surface area contributed by atoms with Crippen LogP contribution in [0, 0.1) is 34.5 Å². The van der Waals surface area contributed by atoms with Gasteiger partial charge >= 0.3 is 0 Å². The molecule has 0 spiro atoms. The highest BCUT2D eigenvalue weighted by Crippen LogP contribution is 2.25. The minimum Gasteiger partial charge on any atom is -0.224 e. The van der Waals surface area contributed by atoms with Crippen LogP contribution in [0.3, 0.4) is 0 Å². The predicted molar refractivity (Wildman–Crippen MR) is 123 cm³/mol. The monoisotopic (exact) mass is 472 g/mol. The van der Waals surface area contributed by atoms with Crippen LogP contribution in [-0.4, -0.2) is 28.3 Å². The Kier molecular flexibility index (Phi) is 8.60. The molecule has 0 saturated heterocycles. The molecule has 0 heterocycles. The molecule has 170 valence electrons. The fourth-order valence-electron chi connectivity index (χ4n) is 3.34. The molecular formula is C24H28N2O4S2. The van der Waals surface area contributed by atoms with Crippen molar-refractivity contribution in [3.05, 3.63) is 59.2 Å². The Bertz CT molecular complexity index is 1250. The maximum absolute atomic E-state index is 12.8. The number of nitriles is 2. The van der Waals surface area contributed by atoms with Gasteiger partial charge in [-0.3, -0.25) is 0 Å². The lowest BCUT2D eigenvalue weighted by Gasteiger charge is -2.15. The Morgan fingerprint density at radius 3 is 2.12 bits per heavy atom. The van der Waals surface area contributed by atoms with Gasteiger partial charge in [0.1, 0.15) is 6.07 Å². The molecule has 0 radical (unpaired) electrons. The quantitative estimate of drug-likeness (QED) is 0.509. The summed E-state index contributed by atoms with van der Waals surface area (Å²) in [5, 5.41) is 18.7. The number of benzene rings is 2. The third-order valence-corrected chi connectivity index (χ3v) is 8.82. The van der Waals surface area contributed by atoms with Crippen LogP contribution in [0.2, 0.25) is 0 Å². The molecule has 32 heavy (non-hydrogen) atoms. The van der Waals surface area contributed by atoms with Gasteiger partial charge in [0.25, 0.3) is 0 Å². The molecule has 1 atom stereocenters. The molecule has 0 amide bonds. The minimum atomic E-state index is -3.58. The second kappa shape index (κ2) is 10.8. The van der Waals surface area contributed by atoms with Crippen molar-refractivity contribution in [1.29, 1.82) is 10.5 Å². The summed E-state index contributed by atoms with van der Waals surface area (Å²) in [6, 6.07) is 14.7. The molecule has 0 N–H and O–H groups in total. The van der Waals surface area contributed by atoms with Crippen LogP contribution < -0.4 is 0 Å². The van der Waals surface area contributed by atoms with Crippen molar-refractivity contribution in [3.63, 3.8) is 0 Å². The van der Waals surface area contributed by atoms with E-state index < -0.39 is 19.7 Å². The van der Waals surface area contributed by atoms with E-state index in [1.807, 2.05) is 32.9 Å². The van der Waals surface area contributed by atoms with Crippen LogP contribution in [0.4, 0.5) is 0 Å². The number of hydrogen-bond donors (Lipinski definition) is 0. The maximum atomic E-state index is 12.8. The lowest BCUT2D eigenvalue weighted by molar-refractivity contribution is 0.542. The molecule has 2 aromatic rings. The molecule has 8 heteroatoms. The van der Waals surface area contributed by atoms with E-state index in [2.05, 4.69) is 0 Å². The zero-order valence-electron chi connectivity index (χ0n) is 18.6. The van der Waals surface area contributed by atoms with E-state index in [4.69, 9.17) is 5.26 Å². The third-order valence-electron chi connectivity index (χ3n) is 5.29. The molecule has 0 aliphatic rings. The van der Waals surface area contributed by atoms with E-state index in [0.717, 1.165) is 0 Å². The Balaban J connectivity index is 2.17. The standard InChI is InChI=1S/C24H28N2O4S2/c1-18(2)10-12-32(29,30)24-9-5-7-21(23(24)17-26)14-19(3)11-13-31(27,28)22-8-4-6-20(15-22)16-25/h4-9,15,18-19H,10-14H2,1-3H3. The van der Waals surface area contributed by atoms with Gasteiger partial charge in [-0.2, -0.15) is 10.5 Å². The van der Waals surface area contributed by atoms with Crippen LogP contribution in [0.1, 0.15) is 50.3 Å². The molecule has 1 unspecified atom stereocenters. The van der Waals surface area contributed by atoms with Crippen molar-refractivity contribution >= 4 is 19.7 Å². The molecule has 0 aromatic heterocycles. The van der Waals surface area contributed by atoms with Crippen molar-refractivity contribution < 1.29 is 16.8 Å². The Labute approximate surface area is 191 Å². The molecule has 2 rings (SSSR count). The number of hydrogen-bond acceptors (Lipinski definition) is 6. The molecule has 0 aliphatic heterocycles. The Morgan fingerprint density at radius 1 is 0.844 bits per heavy atom. The molecular weight excluding hydrogens is 444 g/mol. The van der Waals surface area contributed by atoms with Gasteiger partial charge in [-0.15, -0.1) is 0 Å². The largest absolute Gasteiger partial charge is 0.224 e. The average molecular weight is 473 g/mol. The summed E-state index contributed by atoms with van der Waals surface area (Å²) in [4.78, 5) is 0.158. The summed E-state index contributed by atoms with van der Waals surface area (Å²) in [6.07, 6.45) is 1.25. The van der Waals surface area contributed by atoms with E-state index in [1.54, 1.807) is 24.3 Å². The predicted octanol–water partition coefficient (Wildman–Crippen LogP) is 4.29. The summed E-state index contributed by atoms with van der Waals surface area (Å²) in [5.41, 5.74) is 1.04. The van der Waals surface area contributed by atoms with Crippen molar-refractivity contribution in [2.45, 2.75) is 49.8 Å². The highest BCUT2D eigenvalue weighted by atomic mass is 32.2. The lowest BCUT2D eigenvalue weighted by atomic mass is 9.95. The van der Waals surface area contributed by atoms with Gasteiger partial charge in [0, 0.05) is 0 Å². The van der Waals surface area contributed by atoms with E-state index in [0.29, 0.717) is 24.8 Å². The summed E-state index contributed by atoms with van der Waals surface area (Å²) in [5.74, 6) is 0.0225. The Hall–Kier alpha value is -2.68. The van der Waals surface area contributed by atoms with Gasteiger partial charge in [0.15, 0.2) is 19.7 Å². The molecule has 6 nitrogen and oxygen atoms in total. The van der Waals surface area contributed by atoms with Crippen molar-refractivity contribution in [1.82, 2.24) is 0 Å². The molecule has 2 aromatic carbocycles. The topological polar surface area (TPSA) is 116 Å². The average Bonchev–Trinajstić information content (AvgIpc) is 2.76. The highest BCUT2D eigenvalue weighted by Gasteiger charge is 2.23. The second-order valence-electron chi connectivity index (χ2n) is 8.46. The number of rotatable bonds is 10. The molecule has 0 bridgehead atoms. The van der Waals surface area contributed by atoms with Crippen molar-refractivity contribution in [2.24, 2.45) is 11.8 Å².